The Labute approximate surface area is 240 Å². The van der Waals surface area contributed by atoms with Gasteiger partial charge in [-0.1, -0.05) is 155 Å². The lowest BCUT2D eigenvalue weighted by molar-refractivity contribution is -0.945. The molecule has 0 amide bonds. The van der Waals surface area contributed by atoms with Crippen molar-refractivity contribution in [3.63, 3.8) is 0 Å². The Morgan fingerprint density at radius 3 is 1.00 bits per heavy atom. The van der Waals surface area contributed by atoms with E-state index in [-0.39, 0.29) is 0 Å². The smallest absolute Gasteiger partial charge is 0.184 e. The Hall–Kier alpha value is -0.160. The van der Waals surface area contributed by atoms with Crippen molar-refractivity contribution in [3.8, 4) is 0 Å². The van der Waals surface area contributed by atoms with Gasteiger partial charge in [-0.2, -0.15) is 0 Å². The highest BCUT2D eigenvalue weighted by atomic mass is 16.5. The van der Waals surface area contributed by atoms with Gasteiger partial charge in [0, 0.05) is 6.42 Å². The molecule has 230 valence electrons. The van der Waals surface area contributed by atoms with Crippen LogP contribution in [0.5, 0.6) is 0 Å². The van der Waals surface area contributed by atoms with E-state index < -0.39 is 0 Å². The first-order valence-electron chi connectivity index (χ1n) is 17.4. The summed E-state index contributed by atoms with van der Waals surface area (Å²) in [4.78, 5) is 0. The fourth-order valence-corrected chi connectivity index (χ4v) is 5.30. The van der Waals surface area contributed by atoms with E-state index in [1.165, 1.54) is 154 Å². The van der Waals surface area contributed by atoms with Gasteiger partial charge in [0.25, 0.3) is 0 Å². The second-order valence-corrected chi connectivity index (χ2v) is 12.3. The van der Waals surface area contributed by atoms with Crippen LogP contribution in [0.3, 0.4) is 0 Å². The van der Waals surface area contributed by atoms with Crippen molar-refractivity contribution in [2.45, 2.75) is 174 Å². The third-order valence-electron chi connectivity index (χ3n) is 7.99. The van der Waals surface area contributed by atoms with Crippen molar-refractivity contribution in [1.29, 1.82) is 0 Å². The van der Waals surface area contributed by atoms with Crippen molar-refractivity contribution >= 4 is 0 Å². The van der Waals surface area contributed by atoms with Gasteiger partial charge >= 0.3 is 0 Å². The molecule has 0 saturated carbocycles. The van der Waals surface area contributed by atoms with Crippen LogP contribution in [-0.4, -0.2) is 51.3 Å². The molecule has 0 aliphatic carbocycles. The summed E-state index contributed by atoms with van der Waals surface area (Å²) in [5.74, 6) is 0. The zero-order valence-electron chi connectivity index (χ0n) is 26.8. The Morgan fingerprint density at radius 2 is 0.711 bits per heavy atom. The predicted octanol–water partition coefficient (Wildman–Crippen LogP) is 10.1. The van der Waals surface area contributed by atoms with Crippen LogP contribution in [0.2, 0.25) is 0 Å². The molecule has 0 aromatic heterocycles. The second-order valence-electron chi connectivity index (χ2n) is 12.3. The van der Waals surface area contributed by atoms with Gasteiger partial charge in [0.1, 0.15) is 0 Å². The fourth-order valence-electron chi connectivity index (χ4n) is 5.30. The fraction of sp³-hybridized carbons (Fsp3) is 1.00. The first-order chi connectivity index (χ1) is 18.7. The molecule has 0 radical (unpaired) electrons. The number of quaternary nitrogens is 1. The van der Waals surface area contributed by atoms with E-state index in [0.29, 0.717) is 0 Å². The molecule has 4 nitrogen and oxygen atoms in total. The Morgan fingerprint density at radius 1 is 0.421 bits per heavy atom. The van der Waals surface area contributed by atoms with Crippen molar-refractivity contribution in [1.82, 2.24) is 0 Å². The van der Waals surface area contributed by atoms with Gasteiger partial charge < -0.3 is 15.2 Å². The molecule has 0 unspecified atom stereocenters. The molecular weight excluding hydrogens is 468 g/mol. The molecule has 2 N–H and O–H groups in total. The summed E-state index contributed by atoms with van der Waals surface area (Å²) in [5, 5.41) is 0. The summed E-state index contributed by atoms with van der Waals surface area (Å²) in [6, 6.07) is 0. The number of nitrogens with zero attached hydrogens (tertiary/aromatic N) is 1. The largest absolute Gasteiger partial charge is 0.332 e. The third-order valence-corrected chi connectivity index (χ3v) is 7.99. The average Bonchev–Trinajstić information content (AvgIpc) is 2.92. The van der Waals surface area contributed by atoms with Crippen molar-refractivity contribution in [2.24, 2.45) is 5.73 Å². The van der Waals surface area contributed by atoms with Crippen molar-refractivity contribution in [2.75, 3.05) is 46.8 Å². The van der Waals surface area contributed by atoms with E-state index in [1.54, 1.807) is 0 Å². The molecule has 4 heteroatoms. The molecule has 0 heterocycles. The molecule has 38 heavy (non-hydrogen) atoms. The summed E-state index contributed by atoms with van der Waals surface area (Å²) in [6.07, 6.45) is 34.3. The highest BCUT2D eigenvalue weighted by Gasteiger charge is 2.21. The number of ether oxygens (including phenoxy) is 2. The molecule has 0 rings (SSSR count). The summed E-state index contributed by atoms with van der Waals surface area (Å²) >= 11 is 0. The molecule has 0 aromatic rings. The van der Waals surface area contributed by atoms with E-state index in [9.17, 15) is 0 Å². The summed E-state index contributed by atoms with van der Waals surface area (Å²) in [5.41, 5.74) is 5.80. The van der Waals surface area contributed by atoms with Gasteiger partial charge in [0.15, 0.2) is 13.5 Å². The lowest BCUT2D eigenvalue weighted by atomic mass is 10.1. The molecule has 0 aliphatic heterocycles. The normalized spacial score (nSPS) is 12.0. The maximum atomic E-state index is 6.11. The van der Waals surface area contributed by atoms with E-state index in [2.05, 4.69) is 20.9 Å². The molecule has 0 bridgehead atoms. The standard InChI is InChI=1S/C34H73N2O2/c1-4-6-8-10-12-14-16-18-20-22-24-26-31-37-33-36(3,30-28-29-35)34-38-32-27-25-23-21-19-17-15-13-11-9-7-5-2/h4-35H2,1-3H3/q+1. The lowest BCUT2D eigenvalue weighted by Crippen LogP contribution is -2.48. The minimum Gasteiger partial charge on any atom is -0.332 e. The first-order valence-corrected chi connectivity index (χ1v) is 17.4. The highest BCUT2D eigenvalue weighted by Crippen LogP contribution is 2.14. The SMILES string of the molecule is CCCCCCCCCCCCCCOC[N+](C)(CCCN)COCCCCCCCCCCCCCC. The summed E-state index contributed by atoms with van der Waals surface area (Å²) < 4.78 is 13.0. The Kier molecular flexibility index (Phi) is 31.2. The first kappa shape index (κ1) is 37.8. The van der Waals surface area contributed by atoms with Gasteiger partial charge in [-0.25, -0.2) is 0 Å². The van der Waals surface area contributed by atoms with Crippen LogP contribution in [-0.2, 0) is 9.47 Å². The van der Waals surface area contributed by atoms with Gasteiger partial charge in [-0.3, -0.25) is 4.48 Å². The summed E-state index contributed by atoms with van der Waals surface area (Å²) in [7, 11) is 2.26. The number of unbranched alkanes of at least 4 members (excludes halogenated alkanes) is 22. The van der Waals surface area contributed by atoms with Crippen LogP contribution < -0.4 is 5.73 Å². The number of rotatable bonds is 33. The van der Waals surface area contributed by atoms with Gasteiger partial charge in [-0.15, -0.1) is 0 Å². The zero-order valence-corrected chi connectivity index (χ0v) is 26.8. The van der Waals surface area contributed by atoms with Gasteiger partial charge in [0.05, 0.1) is 26.8 Å². The predicted molar refractivity (Wildman–Crippen MR) is 169 cm³/mol. The molecule has 0 fully saturated rings. The number of hydrogen-bond donors (Lipinski definition) is 1. The quantitative estimate of drug-likeness (QED) is 0.0510. The maximum absolute atomic E-state index is 6.11. The second kappa shape index (κ2) is 31.4. The molecule has 0 atom stereocenters. The van der Waals surface area contributed by atoms with Crippen LogP contribution in [0.15, 0.2) is 0 Å². The van der Waals surface area contributed by atoms with Crippen LogP contribution in [0, 0.1) is 0 Å². The van der Waals surface area contributed by atoms with E-state index in [1.807, 2.05) is 0 Å². The number of hydrogen-bond acceptors (Lipinski definition) is 3. The van der Waals surface area contributed by atoms with E-state index in [4.69, 9.17) is 15.2 Å². The minimum absolute atomic E-state index is 0.741. The van der Waals surface area contributed by atoms with Crippen LogP contribution in [0.4, 0.5) is 0 Å². The summed E-state index contributed by atoms with van der Waals surface area (Å²) in [6.45, 7) is 9.62. The molecule has 0 spiro atoms. The van der Waals surface area contributed by atoms with E-state index >= 15 is 0 Å². The molecule has 0 saturated heterocycles. The van der Waals surface area contributed by atoms with Crippen LogP contribution in [0.1, 0.15) is 174 Å². The van der Waals surface area contributed by atoms with Gasteiger partial charge in [0.2, 0.25) is 0 Å². The molecule has 0 aromatic carbocycles. The Balaban J connectivity index is 3.62. The zero-order chi connectivity index (χ0) is 27.8. The maximum Gasteiger partial charge on any atom is 0.184 e. The molecular formula is C34H73N2O2+. The highest BCUT2D eigenvalue weighted by molar-refractivity contribution is 4.50. The van der Waals surface area contributed by atoms with Crippen molar-refractivity contribution in [3.05, 3.63) is 0 Å². The average molecular weight is 542 g/mol. The Bertz CT molecular complexity index is 401. The van der Waals surface area contributed by atoms with Crippen LogP contribution in [0.25, 0.3) is 0 Å². The molecule has 0 aliphatic rings. The monoisotopic (exact) mass is 542 g/mol. The van der Waals surface area contributed by atoms with E-state index in [0.717, 1.165) is 50.7 Å². The van der Waals surface area contributed by atoms with Gasteiger partial charge in [-0.05, 0) is 19.4 Å². The van der Waals surface area contributed by atoms with Crippen LogP contribution >= 0.6 is 0 Å². The topological polar surface area (TPSA) is 44.5 Å². The number of nitrogens with two attached hydrogens (primary N) is 1. The lowest BCUT2D eigenvalue weighted by Gasteiger charge is -2.33. The van der Waals surface area contributed by atoms with Crippen molar-refractivity contribution < 1.29 is 14.0 Å². The third kappa shape index (κ3) is 28.8. The minimum atomic E-state index is 0.741.